The van der Waals surface area contributed by atoms with Gasteiger partial charge in [-0.05, 0) is 37.1 Å². The molecule has 7 nitrogen and oxygen atoms in total. The molecule has 2 rings (SSSR count). The normalized spacial score (nSPS) is 10.6. The zero-order valence-corrected chi connectivity index (χ0v) is 12.2. The van der Waals surface area contributed by atoms with Crippen LogP contribution in [0.25, 0.3) is 0 Å². The van der Waals surface area contributed by atoms with Crippen LogP contribution < -0.4 is 22.3 Å². The van der Waals surface area contributed by atoms with Crippen molar-refractivity contribution in [3.63, 3.8) is 0 Å². The van der Waals surface area contributed by atoms with Crippen LogP contribution in [0.3, 0.4) is 0 Å². The van der Waals surface area contributed by atoms with Crippen molar-refractivity contribution >= 4 is 11.5 Å². The second-order valence-corrected chi connectivity index (χ2v) is 4.84. The van der Waals surface area contributed by atoms with Crippen molar-refractivity contribution in [1.29, 1.82) is 0 Å². The molecular formula is C14H19N5O2. The van der Waals surface area contributed by atoms with E-state index in [9.17, 15) is 9.59 Å². The van der Waals surface area contributed by atoms with Gasteiger partial charge < -0.3 is 11.1 Å². The number of hydrogen-bond donors (Lipinski definition) is 2. The molecule has 0 aliphatic heterocycles. The molecule has 0 aliphatic carbocycles. The molecule has 0 radical (unpaired) electrons. The molecule has 3 N–H and O–H groups in total. The van der Waals surface area contributed by atoms with Crippen LogP contribution in [-0.4, -0.2) is 20.9 Å². The van der Waals surface area contributed by atoms with Gasteiger partial charge in [0.25, 0.3) is 5.56 Å². The lowest BCUT2D eigenvalue weighted by Gasteiger charge is -2.09. The zero-order valence-electron chi connectivity index (χ0n) is 12.2. The van der Waals surface area contributed by atoms with E-state index in [2.05, 4.69) is 10.4 Å². The topological polar surface area (TPSA) is 94.9 Å². The summed E-state index contributed by atoms with van der Waals surface area (Å²) >= 11 is 0. The summed E-state index contributed by atoms with van der Waals surface area (Å²) in [5.74, 6) is 0.121. The van der Waals surface area contributed by atoms with Crippen molar-refractivity contribution < 1.29 is 0 Å². The number of nitrogens with zero attached hydrogens (tertiary/aromatic N) is 3. The first-order valence-corrected chi connectivity index (χ1v) is 6.73. The number of rotatable bonds is 5. The highest BCUT2D eigenvalue weighted by Gasteiger charge is 2.08. The summed E-state index contributed by atoms with van der Waals surface area (Å²) < 4.78 is 2.15. The van der Waals surface area contributed by atoms with Gasteiger partial charge >= 0.3 is 5.69 Å². The van der Waals surface area contributed by atoms with Gasteiger partial charge in [-0.1, -0.05) is 12.1 Å². The SMILES string of the molecule is Cn1nc(Nc2cccc(CCCN)c2)c(=O)n(C)c1=O. The van der Waals surface area contributed by atoms with Crippen molar-refractivity contribution in [2.75, 3.05) is 11.9 Å². The average Bonchev–Trinajstić information content (AvgIpc) is 2.49. The molecule has 1 aromatic carbocycles. The lowest BCUT2D eigenvalue weighted by molar-refractivity contribution is 0.606. The third kappa shape index (κ3) is 3.38. The molecule has 7 heteroatoms. The fraction of sp³-hybridized carbons (Fsp3) is 0.357. The van der Waals surface area contributed by atoms with Crippen LogP contribution in [0.2, 0.25) is 0 Å². The van der Waals surface area contributed by atoms with E-state index in [0.717, 1.165) is 33.3 Å². The van der Waals surface area contributed by atoms with Crippen molar-refractivity contribution in [2.45, 2.75) is 12.8 Å². The molecule has 0 amide bonds. The van der Waals surface area contributed by atoms with Gasteiger partial charge in [-0.3, -0.25) is 9.36 Å². The molecule has 0 atom stereocenters. The molecule has 2 aromatic rings. The highest BCUT2D eigenvalue weighted by molar-refractivity contribution is 5.55. The van der Waals surface area contributed by atoms with Crippen LogP contribution in [0.5, 0.6) is 0 Å². The van der Waals surface area contributed by atoms with Gasteiger partial charge in [0.05, 0.1) is 0 Å². The summed E-state index contributed by atoms with van der Waals surface area (Å²) in [5.41, 5.74) is 6.48. The molecule has 0 spiro atoms. The first kappa shape index (κ1) is 15.0. The lowest BCUT2D eigenvalue weighted by Crippen LogP contribution is -2.39. The number of anilines is 2. The number of aryl methyl sites for hydroxylation is 2. The first-order valence-electron chi connectivity index (χ1n) is 6.73. The van der Waals surface area contributed by atoms with Gasteiger partial charge in [0.2, 0.25) is 5.82 Å². The van der Waals surface area contributed by atoms with E-state index in [4.69, 9.17) is 5.73 Å². The quantitative estimate of drug-likeness (QED) is 0.815. The summed E-state index contributed by atoms with van der Waals surface area (Å²) in [7, 11) is 2.93. The standard InChI is InChI=1S/C14H19N5O2/c1-18-13(20)12(17-19(2)14(18)21)16-11-7-3-5-10(9-11)6-4-8-15/h3,5,7,9H,4,6,8,15H2,1-2H3,(H,16,17). The van der Waals surface area contributed by atoms with E-state index in [1.54, 1.807) is 0 Å². The molecule has 0 unspecified atom stereocenters. The van der Waals surface area contributed by atoms with Gasteiger partial charge in [-0.25, -0.2) is 9.48 Å². The Balaban J connectivity index is 2.30. The maximum absolute atomic E-state index is 12.0. The third-order valence-corrected chi connectivity index (χ3v) is 3.18. The van der Waals surface area contributed by atoms with Gasteiger partial charge in [-0.2, -0.15) is 0 Å². The van der Waals surface area contributed by atoms with Crippen LogP contribution in [0.15, 0.2) is 33.9 Å². The highest BCUT2D eigenvalue weighted by Crippen LogP contribution is 2.14. The van der Waals surface area contributed by atoms with Crippen molar-refractivity contribution in [3.8, 4) is 0 Å². The Morgan fingerprint density at radius 2 is 2.05 bits per heavy atom. The van der Waals surface area contributed by atoms with E-state index < -0.39 is 11.2 Å². The Morgan fingerprint density at radius 3 is 2.76 bits per heavy atom. The van der Waals surface area contributed by atoms with E-state index in [1.807, 2.05) is 24.3 Å². The summed E-state index contributed by atoms with van der Waals surface area (Å²) in [4.78, 5) is 23.6. The molecular weight excluding hydrogens is 270 g/mol. The largest absolute Gasteiger partial charge is 0.346 e. The summed E-state index contributed by atoms with van der Waals surface area (Å²) in [6.07, 6.45) is 1.79. The van der Waals surface area contributed by atoms with Crippen molar-refractivity contribution in [3.05, 3.63) is 50.7 Å². The average molecular weight is 289 g/mol. The molecule has 0 saturated carbocycles. The Labute approximate surface area is 122 Å². The van der Waals surface area contributed by atoms with E-state index in [1.165, 1.54) is 14.1 Å². The molecule has 21 heavy (non-hydrogen) atoms. The predicted octanol–water partition coefficient (Wildman–Crippen LogP) is 0.114. The first-order chi connectivity index (χ1) is 10.0. The van der Waals surface area contributed by atoms with Gasteiger partial charge in [-0.15, -0.1) is 5.10 Å². The number of benzene rings is 1. The Kier molecular flexibility index (Phi) is 4.54. The molecule has 0 saturated heterocycles. The number of aromatic nitrogens is 3. The molecule has 0 aliphatic rings. The monoisotopic (exact) mass is 289 g/mol. The summed E-state index contributed by atoms with van der Waals surface area (Å²) in [5, 5.41) is 6.92. The smallest absolute Gasteiger partial charge is 0.334 e. The van der Waals surface area contributed by atoms with Gasteiger partial charge in [0.15, 0.2) is 0 Å². The van der Waals surface area contributed by atoms with Gasteiger partial charge in [0.1, 0.15) is 0 Å². The van der Waals surface area contributed by atoms with Crippen molar-refractivity contribution in [2.24, 2.45) is 19.8 Å². The van der Waals surface area contributed by atoms with Crippen LogP contribution >= 0.6 is 0 Å². The number of nitrogens with two attached hydrogens (primary N) is 1. The van der Waals surface area contributed by atoms with Crippen LogP contribution in [0, 0.1) is 0 Å². The molecule has 0 fully saturated rings. The summed E-state index contributed by atoms with van der Waals surface area (Å²) in [6.45, 7) is 0.639. The summed E-state index contributed by atoms with van der Waals surface area (Å²) in [6, 6.07) is 7.70. The fourth-order valence-electron chi connectivity index (χ4n) is 2.02. The maximum atomic E-state index is 12.0. The Morgan fingerprint density at radius 1 is 1.29 bits per heavy atom. The minimum atomic E-state index is -0.456. The predicted molar refractivity (Wildman–Crippen MR) is 81.8 cm³/mol. The van der Waals surface area contributed by atoms with E-state index in [-0.39, 0.29) is 5.82 Å². The lowest BCUT2D eigenvalue weighted by atomic mass is 10.1. The van der Waals surface area contributed by atoms with Gasteiger partial charge in [0, 0.05) is 19.8 Å². The molecule has 112 valence electrons. The second kappa shape index (κ2) is 6.36. The molecule has 0 bridgehead atoms. The van der Waals surface area contributed by atoms with E-state index >= 15 is 0 Å². The maximum Gasteiger partial charge on any atom is 0.346 e. The third-order valence-electron chi connectivity index (χ3n) is 3.18. The van der Waals surface area contributed by atoms with Crippen LogP contribution in [0.4, 0.5) is 11.5 Å². The zero-order chi connectivity index (χ0) is 15.4. The second-order valence-electron chi connectivity index (χ2n) is 4.84. The highest BCUT2D eigenvalue weighted by atomic mass is 16.2. The van der Waals surface area contributed by atoms with Crippen LogP contribution in [0.1, 0.15) is 12.0 Å². The Bertz CT molecular complexity index is 748. The minimum Gasteiger partial charge on any atom is -0.334 e. The van der Waals surface area contributed by atoms with Crippen LogP contribution in [-0.2, 0) is 20.5 Å². The number of hydrogen-bond acceptors (Lipinski definition) is 5. The molecule has 1 aromatic heterocycles. The molecule has 1 heterocycles. The Hall–Kier alpha value is -2.41. The fourth-order valence-corrected chi connectivity index (χ4v) is 2.02. The van der Waals surface area contributed by atoms with Crippen molar-refractivity contribution in [1.82, 2.24) is 14.3 Å². The minimum absolute atomic E-state index is 0.121. The number of nitrogens with one attached hydrogen (secondary N) is 1. The van der Waals surface area contributed by atoms with E-state index in [0.29, 0.717) is 6.54 Å².